The van der Waals surface area contributed by atoms with Crippen molar-refractivity contribution >= 4 is 24.1 Å². The predicted octanol–water partition coefficient (Wildman–Crippen LogP) is 0.564. The standard InChI is InChI=1S/C12H12N4O4S/c17-7-14-9(12(18)19)5-21-6-10-15-11(16-20-10)8-3-1-2-4-13-8/h1-4,7,9H,5-6H2,(H,14,17)(H,18,19). The summed E-state index contributed by atoms with van der Waals surface area (Å²) < 4.78 is 5.06. The highest BCUT2D eigenvalue weighted by molar-refractivity contribution is 7.98. The van der Waals surface area contributed by atoms with Gasteiger partial charge in [-0.1, -0.05) is 11.2 Å². The van der Waals surface area contributed by atoms with Crippen LogP contribution in [0.25, 0.3) is 11.5 Å². The van der Waals surface area contributed by atoms with E-state index in [0.717, 1.165) is 0 Å². The summed E-state index contributed by atoms with van der Waals surface area (Å²) in [6.45, 7) is 0. The summed E-state index contributed by atoms with van der Waals surface area (Å²) >= 11 is 1.27. The number of amides is 1. The summed E-state index contributed by atoms with van der Waals surface area (Å²) in [7, 11) is 0. The van der Waals surface area contributed by atoms with Gasteiger partial charge >= 0.3 is 5.97 Å². The van der Waals surface area contributed by atoms with Gasteiger partial charge in [0, 0.05) is 11.9 Å². The lowest BCUT2D eigenvalue weighted by atomic mass is 10.3. The minimum Gasteiger partial charge on any atom is -0.480 e. The first kappa shape index (κ1) is 15.0. The monoisotopic (exact) mass is 308 g/mol. The summed E-state index contributed by atoms with van der Waals surface area (Å²) in [5.41, 5.74) is 0.600. The summed E-state index contributed by atoms with van der Waals surface area (Å²) in [4.78, 5) is 29.4. The first-order valence-corrected chi connectivity index (χ1v) is 7.10. The number of hydrogen-bond donors (Lipinski definition) is 2. The second kappa shape index (κ2) is 7.39. The highest BCUT2D eigenvalue weighted by atomic mass is 32.2. The maximum Gasteiger partial charge on any atom is 0.327 e. The largest absolute Gasteiger partial charge is 0.480 e. The smallest absolute Gasteiger partial charge is 0.327 e. The van der Waals surface area contributed by atoms with Gasteiger partial charge in [0.1, 0.15) is 11.7 Å². The molecule has 2 rings (SSSR count). The summed E-state index contributed by atoms with van der Waals surface area (Å²) in [5.74, 6) is 0.219. The van der Waals surface area contributed by atoms with Crippen molar-refractivity contribution in [1.82, 2.24) is 20.4 Å². The number of carboxylic acids is 1. The quantitative estimate of drug-likeness (QED) is 0.679. The number of thioether (sulfide) groups is 1. The van der Waals surface area contributed by atoms with Crippen LogP contribution in [-0.4, -0.2) is 44.4 Å². The third-order valence-electron chi connectivity index (χ3n) is 2.44. The van der Waals surface area contributed by atoms with E-state index in [1.54, 1.807) is 18.3 Å². The van der Waals surface area contributed by atoms with Crippen LogP contribution in [0.4, 0.5) is 0 Å². The molecule has 2 heterocycles. The molecule has 0 radical (unpaired) electrons. The molecule has 0 saturated heterocycles. The van der Waals surface area contributed by atoms with E-state index in [1.807, 2.05) is 6.07 Å². The SMILES string of the molecule is O=CNC(CSCc1nc(-c2ccccn2)no1)C(=O)O. The molecule has 0 fully saturated rings. The Labute approximate surface area is 124 Å². The maximum absolute atomic E-state index is 10.8. The van der Waals surface area contributed by atoms with Crippen LogP contribution in [0.1, 0.15) is 5.89 Å². The zero-order valence-electron chi connectivity index (χ0n) is 10.8. The molecule has 110 valence electrons. The Morgan fingerprint density at radius 3 is 3.05 bits per heavy atom. The average Bonchev–Trinajstić information content (AvgIpc) is 2.96. The van der Waals surface area contributed by atoms with Gasteiger partial charge in [0.25, 0.3) is 0 Å². The normalized spacial score (nSPS) is 11.8. The molecule has 1 atom stereocenters. The van der Waals surface area contributed by atoms with E-state index >= 15 is 0 Å². The lowest BCUT2D eigenvalue weighted by Crippen LogP contribution is -2.37. The molecule has 2 aromatic heterocycles. The van der Waals surface area contributed by atoms with E-state index < -0.39 is 12.0 Å². The minimum atomic E-state index is -1.09. The van der Waals surface area contributed by atoms with Gasteiger partial charge in [-0.05, 0) is 12.1 Å². The molecule has 0 saturated carbocycles. The highest BCUT2D eigenvalue weighted by Crippen LogP contribution is 2.16. The van der Waals surface area contributed by atoms with Crippen LogP contribution < -0.4 is 5.32 Å². The van der Waals surface area contributed by atoms with Crippen LogP contribution in [0.3, 0.4) is 0 Å². The number of carbonyl (C=O) groups is 2. The average molecular weight is 308 g/mol. The van der Waals surface area contributed by atoms with Crippen LogP contribution in [-0.2, 0) is 15.3 Å². The molecule has 1 unspecified atom stereocenters. The number of pyridine rings is 1. The predicted molar refractivity (Wildman–Crippen MR) is 74.3 cm³/mol. The van der Waals surface area contributed by atoms with Gasteiger partial charge in [0.15, 0.2) is 0 Å². The van der Waals surface area contributed by atoms with Crippen molar-refractivity contribution in [2.45, 2.75) is 11.8 Å². The molecule has 0 aliphatic carbocycles. The molecule has 0 aliphatic heterocycles. The molecule has 2 aromatic rings. The van der Waals surface area contributed by atoms with Crippen LogP contribution in [0, 0.1) is 0 Å². The Balaban J connectivity index is 1.88. The van der Waals surface area contributed by atoms with Crippen molar-refractivity contribution in [1.29, 1.82) is 0 Å². The Kier molecular flexibility index (Phi) is 5.27. The molecule has 0 aliphatic rings. The maximum atomic E-state index is 10.8. The Morgan fingerprint density at radius 1 is 1.52 bits per heavy atom. The van der Waals surface area contributed by atoms with Gasteiger partial charge in [0.05, 0.1) is 5.75 Å². The first-order chi connectivity index (χ1) is 10.2. The summed E-state index contributed by atoms with van der Waals surface area (Å²) in [5, 5.41) is 14.9. The number of aliphatic carboxylic acids is 1. The van der Waals surface area contributed by atoms with Crippen LogP contribution in [0.15, 0.2) is 28.9 Å². The molecule has 9 heteroatoms. The van der Waals surface area contributed by atoms with Crippen molar-refractivity contribution in [2.24, 2.45) is 0 Å². The summed E-state index contributed by atoms with van der Waals surface area (Å²) in [6, 6.07) is 4.42. The van der Waals surface area contributed by atoms with E-state index in [1.165, 1.54) is 11.8 Å². The van der Waals surface area contributed by atoms with Gasteiger partial charge in [-0.2, -0.15) is 4.98 Å². The van der Waals surface area contributed by atoms with E-state index in [0.29, 0.717) is 29.6 Å². The highest BCUT2D eigenvalue weighted by Gasteiger charge is 2.17. The van der Waals surface area contributed by atoms with Crippen molar-refractivity contribution in [3.05, 3.63) is 30.3 Å². The van der Waals surface area contributed by atoms with Gasteiger partial charge in [-0.25, -0.2) is 4.79 Å². The molecule has 8 nitrogen and oxygen atoms in total. The number of rotatable bonds is 8. The molecule has 0 aromatic carbocycles. The Morgan fingerprint density at radius 2 is 2.38 bits per heavy atom. The van der Waals surface area contributed by atoms with Crippen LogP contribution in [0.5, 0.6) is 0 Å². The number of hydrogen-bond acceptors (Lipinski definition) is 7. The van der Waals surface area contributed by atoms with Crippen LogP contribution >= 0.6 is 11.8 Å². The fourth-order valence-electron chi connectivity index (χ4n) is 1.45. The number of carbonyl (C=O) groups excluding carboxylic acids is 1. The van der Waals surface area contributed by atoms with E-state index in [4.69, 9.17) is 9.63 Å². The lowest BCUT2D eigenvalue weighted by molar-refractivity contribution is -0.139. The Hall–Kier alpha value is -2.42. The zero-order valence-corrected chi connectivity index (χ0v) is 11.6. The third kappa shape index (κ3) is 4.28. The number of nitrogens with one attached hydrogen (secondary N) is 1. The van der Waals surface area contributed by atoms with Crippen molar-refractivity contribution < 1.29 is 19.2 Å². The molecular weight excluding hydrogens is 296 g/mol. The fourth-order valence-corrected chi connectivity index (χ4v) is 2.33. The molecule has 1 amide bonds. The van der Waals surface area contributed by atoms with E-state index in [2.05, 4.69) is 20.4 Å². The van der Waals surface area contributed by atoms with Gasteiger partial charge in [-0.3, -0.25) is 9.78 Å². The number of carboxylic acid groups (broad SMARTS) is 1. The van der Waals surface area contributed by atoms with Crippen molar-refractivity contribution in [3.63, 3.8) is 0 Å². The zero-order chi connectivity index (χ0) is 15.1. The number of aromatic nitrogens is 3. The molecule has 21 heavy (non-hydrogen) atoms. The molecular formula is C12H12N4O4S. The molecule has 2 N–H and O–H groups in total. The van der Waals surface area contributed by atoms with E-state index in [-0.39, 0.29) is 5.75 Å². The van der Waals surface area contributed by atoms with Gasteiger partial charge < -0.3 is 14.9 Å². The topological polar surface area (TPSA) is 118 Å². The van der Waals surface area contributed by atoms with Crippen molar-refractivity contribution in [2.75, 3.05) is 5.75 Å². The number of nitrogens with zero attached hydrogens (tertiary/aromatic N) is 3. The molecule has 0 spiro atoms. The first-order valence-electron chi connectivity index (χ1n) is 5.95. The second-order valence-electron chi connectivity index (χ2n) is 3.92. The van der Waals surface area contributed by atoms with Gasteiger partial charge in [-0.15, -0.1) is 11.8 Å². The van der Waals surface area contributed by atoms with Gasteiger partial charge in [0.2, 0.25) is 18.1 Å². The lowest BCUT2D eigenvalue weighted by Gasteiger charge is -2.08. The van der Waals surface area contributed by atoms with Crippen molar-refractivity contribution in [3.8, 4) is 11.5 Å². The third-order valence-corrected chi connectivity index (χ3v) is 3.46. The Bertz CT molecular complexity index is 604. The molecule has 0 bridgehead atoms. The van der Waals surface area contributed by atoms with Crippen LogP contribution in [0.2, 0.25) is 0 Å². The van der Waals surface area contributed by atoms with E-state index in [9.17, 15) is 9.59 Å². The minimum absolute atomic E-state index is 0.204. The summed E-state index contributed by atoms with van der Waals surface area (Å²) in [6.07, 6.45) is 1.99. The second-order valence-corrected chi connectivity index (χ2v) is 4.95. The fraction of sp³-hybridized carbons (Fsp3) is 0.250.